The van der Waals surface area contributed by atoms with Gasteiger partial charge in [0.15, 0.2) is 0 Å². The molecular weight excluding hydrogens is 335 g/mol. The molecule has 2 N–H and O–H groups in total. The van der Waals surface area contributed by atoms with Crippen molar-refractivity contribution in [1.29, 1.82) is 0 Å². The van der Waals surface area contributed by atoms with Crippen molar-refractivity contribution < 1.29 is 9.18 Å². The lowest BCUT2D eigenvalue weighted by Gasteiger charge is -2.12. The summed E-state index contributed by atoms with van der Waals surface area (Å²) in [5, 5.41) is 5.90. The quantitative estimate of drug-likeness (QED) is 0.866. The van der Waals surface area contributed by atoms with E-state index < -0.39 is 0 Å². The van der Waals surface area contributed by atoms with Crippen LogP contribution in [0.1, 0.15) is 11.1 Å². The van der Waals surface area contributed by atoms with Crippen LogP contribution in [0.25, 0.3) is 0 Å². The van der Waals surface area contributed by atoms with Gasteiger partial charge in [0.25, 0.3) is 0 Å². The van der Waals surface area contributed by atoms with Gasteiger partial charge >= 0.3 is 0 Å². The highest BCUT2D eigenvalue weighted by Gasteiger charge is 2.07. The molecular formula is C16H16BrFN2O. The Morgan fingerprint density at radius 3 is 2.67 bits per heavy atom. The minimum absolute atomic E-state index is 0.0350. The molecule has 0 unspecified atom stereocenters. The van der Waals surface area contributed by atoms with Crippen LogP contribution >= 0.6 is 15.9 Å². The number of benzene rings is 2. The molecule has 0 aliphatic rings. The largest absolute Gasteiger partial charge is 0.381 e. The van der Waals surface area contributed by atoms with Gasteiger partial charge in [0.1, 0.15) is 5.82 Å². The maximum atomic E-state index is 13.1. The second-order valence-electron chi connectivity index (χ2n) is 4.60. The fourth-order valence-electron chi connectivity index (χ4n) is 1.96. The second kappa shape index (κ2) is 7.22. The van der Waals surface area contributed by atoms with Crippen molar-refractivity contribution in [2.75, 3.05) is 12.4 Å². The first-order chi connectivity index (χ1) is 10.1. The maximum absolute atomic E-state index is 13.1. The van der Waals surface area contributed by atoms with Crippen LogP contribution in [0, 0.1) is 5.82 Å². The molecule has 0 spiro atoms. The van der Waals surface area contributed by atoms with Crippen LogP contribution in [-0.4, -0.2) is 13.0 Å². The van der Waals surface area contributed by atoms with Gasteiger partial charge in [-0.3, -0.25) is 4.79 Å². The van der Waals surface area contributed by atoms with Crippen LogP contribution in [0.4, 0.5) is 10.1 Å². The zero-order chi connectivity index (χ0) is 15.2. The number of halogens is 2. The first-order valence-corrected chi connectivity index (χ1v) is 7.35. The van der Waals surface area contributed by atoms with Crippen LogP contribution in [0.2, 0.25) is 0 Å². The number of likely N-dealkylation sites (N-methyl/N-ethyl adjacent to an activating group) is 1. The summed E-state index contributed by atoms with van der Waals surface area (Å²) in [6.45, 7) is 0.547. The molecule has 2 aromatic rings. The van der Waals surface area contributed by atoms with Gasteiger partial charge in [0, 0.05) is 23.8 Å². The molecule has 0 saturated carbocycles. The topological polar surface area (TPSA) is 41.1 Å². The van der Waals surface area contributed by atoms with Crippen molar-refractivity contribution in [2.24, 2.45) is 0 Å². The van der Waals surface area contributed by atoms with Crippen molar-refractivity contribution in [3.63, 3.8) is 0 Å². The smallest absolute Gasteiger partial charge is 0.224 e. The molecule has 2 rings (SSSR count). The van der Waals surface area contributed by atoms with E-state index in [-0.39, 0.29) is 11.7 Å². The van der Waals surface area contributed by atoms with Crippen molar-refractivity contribution in [3.8, 4) is 0 Å². The summed E-state index contributed by atoms with van der Waals surface area (Å²) in [6, 6.07) is 12.2. The summed E-state index contributed by atoms with van der Waals surface area (Å²) >= 11 is 3.35. The predicted molar refractivity (Wildman–Crippen MR) is 85.6 cm³/mol. The van der Waals surface area contributed by atoms with Crippen molar-refractivity contribution in [2.45, 2.75) is 13.0 Å². The number of carbonyl (C=O) groups is 1. The van der Waals surface area contributed by atoms with E-state index in [4.69, 9.17) is 0 Å². The number of hydrogen-bond donors (Lipinski definition) is 2. The monoisotopic (exact) mass is 350 g/mol. The van der Waals surface area contributed by atoms with Crippen molar-refractivity contribution >= 4 is 27.5 Å². The van der Waals surface area contributed by atoms with E-state index in [1.54, 1.807) is 13.1 Å². The molecule has 0 aliphatic carbocycles. The molecule has 2 aromatic carbocycles. The Bertz CT molecular complexity index is 646. The molecule has 0 fully saturated rings. The number of para-hydroxylation sites is 1. The minimum Gasteiger partial charge on any atom is -0.381 e. The van der Waals surface area contributed by atoms with Gasteiger partial charge in [0.2, 0.25) is 5.91 Å². The van der Waals surface area contributed by atoms with E-state index in [9.17, 15) is 9.18 Å². The second-order valence-corrected chi connectivity index (χ2v) is 5.45. The molecule has 0 saturated heterocycles. The Kier molecular flexibility index (Phi) is 5.33. The molecule has 5 heteroatoms. The third-order valence-corrected chi connectivity index (χ3v) is 3.87. The molecule has 3 nitrogen and oxygen atoms in total. The van der Waals surface area contributed by atoms with Crippen LogP contribution < -0.4 is 10.6 Å². The number of carbonyl (C=O) groups excluding carboxylic acids is 1. The summed E-state index contributed by atoms with van der Waals surface area (Å²) in [5.41, 5.74) is 2.78. The van der Waals surface area contributed by atoms with E-state index in [1.165, 1.54) is 12.1 Å². The van der Waals surface area contributed by atoms with Gasteiger partial charge in [-0.05, 0) is 29.3 Å². The number of nitrogens with one attached hydrogen (secondary N) is 2. The molecule has 1 amide bonds. The van der Waals surface area contributed by atoms with Crippen molar-refractivity contribution in [3.05, 3.63) is 63.9 Å². The predicted octanol–water partition coefficient (Wildman–Crippen LogP) is 3.49. The maximum Gasteiger partial charge on any atom is 0.224 e. The van der Waals surface area contributed by atoms with Gasteiger partial charge < -0.3 is 10.6 Å². The third kappa shape index (κ3) is 4.29. The highest BCUT2D eigenvalue weighted by atomic mass is 79.9. The third-order valence-electron chi connectivity index (χ3n) is 3.13. The van der Waals surface area contributed by atoms with E-state index in [0.717, 1.165) is 21.3 Å². The lowest BCUT2D eigenvalue weighted by Crippen LogP contribution is -2.20. The SMILES string of the molecule is CNC(=O)Cc1ccccc1NCc1ccc(F)cc1Br. The van der Waals surface area contributed by atoms with Crippen LogP contribution in [0.3, 0.4) is 0 Å². The lowest BCUT2D eigenvalue weighted by molar-refractivity contribution is -0.119. The fraction of sp³-hybridized carbons (Fsp3) is 0.188. The standard InChI is InChI=1S/C16H16BrFN2O/c1-19-16(21)8-11-4-2-3-5-15(11)20-10-12-6-7-13(18)9-14(12)17/h2-7,9,20H,8,10H2,1H3,(H,19,21). The average molecular weight is 351 g/mol. The molecule has 110 valence electrons. The Balaban J connectivity index is 2.11. The van der Waals surface area contributed by atoms with Gasteiger partial charge in [-0.1, -0.05) is 40.2 Å². The molecule has 0 radical (unpaired) electrons. The first-order valence-electron chi connectivity index (χ1n) is 6.56. The molecule has 0 heterocycles. The highest BCUT2D eigenvalue weighted by Crippen LogP contribution is 2.21. The normalized spacial score (nSPS) is 10.2. The molecule has 0 atom stereocenters. The van der Waals surface area contributed by atoms with Gasteiger partial charge in [-0.15, -0.1) is 0 Å². The summed E-state index contributed by atoms with van der Waals surface area (Å²) in [4.78, 5) is 11.5. The molecule has 0 bridgehead atoms. The lowest BCUT2D eigenvalue weighted by atomic mass is 10.1. The van der Waals surface area contributed by atoms with Gasteiger partial charge in [0.05, 0.1) is 6.42 Å². The van der Waals surface area contributed by atoms with E-state index in [0.29, 0.717) is 13.0 Å². The summed E-state index contributed by atoms with van der Waals surface area (Å²) < 4.78 is 13.8. The fourth-order valence-corrected chi connectivity index (χ4v) is 2.45. The van der Waals surface area contributed by atoms with E-state index in [2.05, 4.69) is 26.6 Å². The van der Waals surface area contributed by atoms with Crippen molar-refractivity contribution in [1.82, 2.24) is 5.32 Å². The Labute approximate surface area is 131 Å². The van der Waals surface area contributed by atoms with Crippen LogP contribution in [0.5, 0.6) is 0 Å². The highest BCUT2D eigenvalue weighted by molar-refractivity contribution is 9.10. The molecule has 21 heavy (non-hydrogen) atoms. The van der Waals surface area contributed by atoms with Crippen LogP contribution in [0.15, 0.2) is 46.9 Å². The van der Waals surface area contributed by atoms with Gasteiger partial charge in [-0.2, -0.15) is 0 Å². The Hall–Kier alpha value is -1.88. The summed E-state index contributed by atoms with van der Waals surface area (Å²) in [7, 11) is 1.62. The Morgan fingerprint density at radius 2 is 1.95 bits per heavy atom. The number of anilines is 1. The van der Waals surface area contributed by atoms with Gasteiger partial charge in [-0.25, -0.2) is 4.39 Å². The van der Waals surface area contributed by atoms with E-state index in [1.807, 2.05) is 24.3 Å². The zero-order valence-electron chi connectivity index (χ0n) is 11.6. The Morgan fingerprint density at radius 1 is 1.19 bits per heavy atom. The number of hydrogen-bond acceptors (Lipinski definition) is 2. The number of amides is 1. The first kappa shape index (κ1) is 15.5. The summed E-state index contributed by atoms with van der Waals surface area (Å²) in [5.74, 6) is -0.308. The summed E-state index contributed by atoms with van der Waals surface area (Å²) in [6.07, 6.45) is 0.324. The minimum atomic E-state index is -0.273. The molecule has 0 aliphatic heterocycles. The molecule has 0 aromatic heterocycles. The average Bonchev–Trinajstić information content (AvgIpc) is 2.47. The zero-order valence-corrected chi connectivity index (χ0v) is 13.2. The number of rotatable bonds is 5. The van der Waals surface area contributed by atoms with E-state index >= 15 is 0 Å². The van der Waals surface area contributed by atoms with Crippen LogP contribution in [-0.2, 0) is 17.8 Å².